The van der Waals surface area contributed by atoms with E-state index in [1.807, 2.05) is 19.0 Å². The molecule has 3 aromatic rings. The van der Waals surface area contributed by atoms with Crippen LogP contribution in [0.15, 0.2) is 39.8 Å². The molecule has 0 aliphatic rings. The van der Waals surface area contributed by atoms with Gasteiger partial charge in [-0.3, -0.25) is 14.0 Å². The summed E-state index contributed by atoms with van der Waals surface area (Å²) >= 11 is 0. The van der Waals surface area contributed by atoms with Gasteiger partial charge in [0.1, 0.15) is 6.04 Å². The molecule has 0 spiro atoms. The van der Waals surface area contributed by atoms with E-state index in [0.717, 1.165) is 5.56 Å². The number of nitrogens with zero attached hydrogens (tertiary/aromatic N) is 4. The molecule has 0 aliphatic carbocycles. The predicted molar refractivity (Wildman–Crippen MR) is 103 cm³/mol. The van der Waals surface area contributed by atoms with E-state index in [2.05, 4.69) is 15.7 Å². The first-order valence-corrected chi connectivity index (χ1v) is 8.64. The number of aromatic nitrogens is 3. The summed E-state index contributed by atoms with van der Waals surface area (Å²) in [5, 5.41) is 9.99. The highest BCUT2D eigenvalue weighted by Crippen LogP contribution is 2.20. The van der Waals surface area contributed by atoms with Crippen LogP contribution in [-0.2, 0) is 18.4 Å². The second-order valence-corrected chi connectivity index (χ2v) is 6.66. The first-order valence-electron chi connectivity index (χ1n) is 8.64. The number of aryl methyl sites for hydroxylation is 1. The van der Waals surface area contributed by atoms with Crippen LogP contribution in [0.25, 0.3) is 11.1 Å². The minimum Gasteiger partial charge on any atom is -0.408 e. The van der Waals surface area contributed by atoms with Crippen molar-refractivity contribution in [3.05, 3.63) is 46.7 Å². The maximum Gasteiger partial charge on any atom is 0.419 e. The average Bonchev–Trinajstić information content (AvgIpc) is 3.16. The number of nitrogens with one attached hydrogen (secondary N) is 2. The van der Waals surface area contributed by atoms with E-state index < -0.39 is 11.8 Å². The number of rotatable bonds is 7. The Balaban J connectivity index is 1.85. The molecule has 1 atom stereocenters. The van der Waals surface area contributed by atoms with E-state index in [4.69, 9.17) is 4.42 Å². The van der Waals surface area contributed by atoms with Crippen LogP contribution >= 0.6 is 0 Å². The Morgan fingerprint density at radius 2 is 2.15 bits per heavy atom. The third kappa shape index (κ3) is 4.09. The van der Waals surface area contributed by atoms with Gasteiger partial charge in [-0.15, -0.1) is 0 Å². The third-order valence-corrected chi connectivity index (χ3v) is 4.31. The molecule has 2 aromatic heterocycles. The molecule has 9 nitrogen and oxygen atoms in total. The van der Waals surface area contributed by atoms with Crippen molar-refractivity contribution in [2.45, 2.75) is 12.6 Å². The van der Waals surface area contributed by atoms with Crippen molar-refractivity contribution in [2.24, 2.45) is 7.05 Å². The number of carbonyl (C=O) groups is 1. The van der Waals surface area contributed by atoms with E-state index in [0.29, 0.717) is 29.9 Å². The minimum atomic E-state index is -0.533. The molecule has 9 heteroatoms. The molecule has 144 valence electrons. The molecule has 1 unspecified atom stereocenters. The van der Waals surface area contributed by atoms with Crippen LogP contribution in [0.4, 0.5) is 5.69 Å². The number of benzene rings is 1. The van der Waals surface area contributed by atoms with Crippen LogP contribution < -0.4 is 16.4 Å². The van der Waals surface area contributed by atoms with Gasteiger partial charge >= 0.3 is 5.76 Å². The Hall–Kier alpha value is -2.91. The molecular formula is C18H24N6O3. The van der Waals surface area contributed by atoms with E-state index >= 15 is 0 Å². The maximum atomic E-state index is 12.7. The van der Waals surface area contributed by atoms with E-state index in [9.17, 15) is 9.59 Å². The van der Waals surface area contributed by atoms with Gasteiger partial charge in [-0.05, 0) is 39.3 Å². The predicted octanol–water partition coefficient (Wildman–Crippen LogP) is 0.789. The number of likely N-dealkylation sites (N-methyl/N-ethyl adjacent to an activating group) is 2. The lowest BCUT2D eigenvalue weighted by Crippen LogP contribution is -2.30. The number of carbonyl (C=O) groups excluding carboxylic acids is 1. The fourth-order valence-corrected chi connectivity index (χ4v) is 2.90. The van der Waals surface area contributed by atoms with Crippen molar-refractivity contribution >= 4 is 22.7 Å². The van der Waals surface area contributed by atoms with Crippen molar-refractivity contribution in [3.63, 3.8) is 0 Å². The lowest BCUT2D eigenvalue weighted by molar-refractivity contribution is -0.118. The molecule has 2 heterocycles. The van der Waals surface area contributed by atoms with Gasteiger partial charge in [0, 0.05) is 37.6 Å². The standard InChI is InChI=1S/C18H24N6O3/c1-19-16(12-10-20-23(4)11-12)17(25)21-13-5-6-15-14(9-13)24(18(26)27-15)8-7-22(2)3/h5-6,9-11,16,19H,7-8H2,1-4H3,(H,21,25). The Morgan fingerprint density at radius 3 is 2.78 bits per heavy atom. The Labute approximate surface area is 156 Å². The molecule has 0 fully saturated rings. The second-order valence-electron chi connectivity index (χ2n) is 6.66. The summed E-state index contributed by atoms with van der Waals surface area (Å²) < 4.78 is 8.50. The van der Waals surface area contributed by atoms with Gasteiger partial charge in [0.2, 0.25) is 5.91 Å². The van der Waals surface area contributed by atoms with Crippen LogP contribution in [0.3, 0.4) is 0 Å². The Kier molecular flexibility index (Phi) is 5.43. The van der Waals surface area contributed by atoms with Gasteiger partial charge in [0.15, 0.2) is 5.58 Å². The largest absolute Gasteiger partial charge is 0.419 e. The maximum absolute atomic E-state index is 12.7. The van der Waals surface area contributed by atoms with Crippen LogP contribution in [0.1, 0.15) is 11.6 Å². The summed E-state index contributed by atoms with van der Waals surface area (Å²) in [4.78, 5) is 26.8. The molecule has 27 heavy (non-hydrogen) atoms. The molecule has 3 rings (SSSR count). The van der Waals surface area contributed by atoms with Gasteiger partial charge in [-0.25, -0.2) is 4.79 Å². The van der Waals surface area contributed by atoms with Gasteiger partial charge < -0.3 is 20.0 Å². The number of fused-ring (bicyclic) bond motifs is 1. The normalized spacial score (nSPS) is 12.6. The molecule has 0 bridgehead atoms. The van der Waals surface area contributed by atoms with Crippen molar-refractivity contribution in [3.8, 4) is 0 Å². The quantitative estimate of drug-likeness (QED) is 0.636. The number of hydrogen-bond donors (Lipinski definition) is 2. The van der Waals surface area contributed by atoms with E-state index in [-0.39, 0.29) is 5.91 Å². The van der Waals surface area contributed by atoms with Crippen molar-refractivity contribution in [1.82, 2.24) is 24.6 Å². The molecule has 1 aromatic carbocycles. The van der Waals surface area contributed by atoms with Crippen LogP contribution in [0.2, 0.25) is 0 Å². The van der Waals surface area contributed by atoms with E-state index in [1.165, 1.54) is 0 Å². The molecule has 2 N–H and O–H groups in total. The molecule has 0 saturated carbocycles. The number of anilines is 1. The summed E-state index contributed by atoms with van der Waals surface area (Å²) in [7, 11) is 7.40. The van der Waals surface area contributed by atoms with E-state index in [1.54, 1.807) is 53.9 Å². The van der Waals surface area contributed by atoms with Gasteiger partial charge in [-0.1, -0.05) is 0 Å². The monoisotopic (exact) mass is 372 g/mol. The summed E-state index contributed by atoms with van der Waals surface area (Å²) in [6.45, 7) is 1.21. The molecule has 0 radical (unpaired) electrons. The summed E-state index contributed by atoms with van der Waals surface area (Å²) in [5.74, 6) is -0.616. The fraction of sp³-hybridized carbons (Fsp3) is 0.389. The summed E-state index contributed by atoms with van der Waals surface area (Å²) in [6, 6.07) is 4.63. The topological polar surface area (TPSA) is 97.3 Å². The third-order valence-electron chi connectivity index (χ3n) is 4.31. The van der Waals surface area contributed by atoms with Crippen molar-refractivity contribution in [1.29, 1.82) is 0 Å². The molecule has 0 aliphatic heterocycles. The van der Waals surface area contributed by atoms with Crippen molar-refractivity contribution in [2.75, 3.05) is 33.0 Å². The average molecular weight is 372 g/mol. The smallest absolute Gasteiger partial charge is 0.408 e. The second kappa shape index (κ2) is 7.77. The highest BCUT2D eigenvalue weighted by atomic mass is 16.4. The molecule has 1 amide bonds. The van der Waals surface area contributed by atoms with Gasteiger partial charge in [0.25, 0.3) is 0 Å². The number of oxazole rings is 1. The van der Waals surface area contributed by atoms with Crippen molar-refractivity contribution < 1.29 is 9.21 Å². The number of hydrogen-bond acceptors (Lipinski definition) is 6. The lowest BCUT2D eigenvalue weighted by Gasteiger charge is -2.15. The van der Waals surface area contributed by atoms with Gasteiger partial charge in [-0.2, -0.15) is 5.10 Å². The molecular weight excluding hydrogens is 348 g/mol. The minimum absolute atomic E-state index is 0.212. The molecule has 0 saturated heterocycles. The van der Waals surface area contributed by atoms with Gasteiger partial charge in [0.05, 0.1) is 11.7 Å². The Morgan fingerprint density at radius 1 is 1.37 bits per heavy atom. The SMILES string of the molecule is CNC(C(=O)Nc1ccc2oc(=O)n(CCN(C)C)c2c1)c1cnn(C)c1. The first-order chi connectivity index (χ1) is 12.9. The summed E-state index contributed by atoms with van der Waals surface area (Å²) in [5.41, 5.74) is 2.51. The number of amides is 1. The van der Waals surface area contributed by atoms with Crippen LogP contribution in [0.5, 0.6) is 0 Å². The van der Waals surface area contributed by atoms with Crippen LogP contribution in [-0.4, -0.2) is 52.8 Å². The Bertz CT molecular complexity index is 1000. The fourth-order valence-electron chi connectivity index (χ4n) is 2.90. The summed E-state index contributed by atoms with van der Waals surface area (Å²) in [6.07, 6.45) is 3.44. The zero-order valence-corrected chi connectivity index (χ0v) is 15.9. The zero-order chi connectivity index (χ0) is 19.6. The lowest BCUT2D eigenvalue weighted by atomic mass is 10.1. The van der Waals surface area contributed by atoms with Crippen LogP contribution in [0, 0.1) is 0 Å². The highest BCUT2D eigenvalue weighted by molar-refractivity contribution is 5.96. The first kappa shape index (κ1) is 18.9. The zero-order valence-electron chi connectivity index (χ0n) is 15.9. The highest BCUT2D eigenvalue weighted by Gasteiger charge is 2.20.